The third kappa shape index (κ3) is 4.06. The number of hydrogen-bond donors (Lipinski definition) is 1. The highest BCUT2D eigenvalue weighted by atomic mass is 35.5. The first-order chi connectivity index (χ1) is 15.1. The van der Waals surface area contributed by atoms with Gasteiger partial charge in [-0.25, -0.2) is 4.98 Å². The van der Waals surface area contributed by atoms with Gasteiger partial charge in [-0.3, -0.25) is 9.78 Å². The van der Waals surface area contributed by atoms with Gasteiger partial charge in [0, 0.05) is 40.9 Å². The summed E-state index contributed by atoms with van der Waals surface area (Å²) in [5, 5.41) is 0.698. The summed E-state index contributed by atoms with van der Waals surface area (Å²) in [5.74, 6) is 1.13. The topological polar surface area (TPSA) is 61.9 Å². The van der Waals surface area contributed by atoms with Gasteiger partial charge in [0.05, 0.1) is 16.7 Å². The van der Waals surface area contributed by atoms with Gasteiger partial charge in [-0.1, -0.05) is 29.8 Å². The number of H-pyrrole nitrogens is 1. The molecular weight excluding hydrogens is 408 g/mol. The zero-order chi connectivity index (χ0) is 21.4. The number of piperidine rings is 1. The minimum atomic E-state index is 0.0600. The molecule has 1 amide bonds. The van der Waals surface area contributed by atoms with E-state index in [1.165, 1.54) is 0 Å². The maximum absolute atomic E-state index is 13.2. The monoisotopic (exact) mass is 430 g/mol. The van der Waals surface area contributed by atoms with E-state index in [2.05, 4.69) is 16.0 Å². The first kappa shape index (κ1) is 19.8. The van der Waals surface area contributed by atoms with Crippen LogP contribution in [0.5, 0.6) is 0 Å². The zero-order valence-electron chi connectivity index (χ0n) is 17.3. The van der Waals surface area contributed by atoms with Gasteiger partial charge in [-0.2, -0.15) is 0 Å². The number of halogens is 1. The number of benzene rings is 2. The Bertz CT molecular complexity index is 1270. The van der Waals surface area contributed by atoms with Crippen molar-refractivity contribution in [1.82, 2.24) is 19.9 Å². The van der Waals surface area contributed by atoms with Gasteiger partial charge in [-0.05, 0) is 62.2 Å². The van der Waals surface area contributed by atoms with Gasteiger partial charge >= 0.3 is 0 Å². The van der Waals surface area contributed by atoms with Crippen LogP contribution in [-0.2, 0) is 0 Å². The number of amides is 1. The van der Waals surface area contributed by atoms with Crippen molar-refractivity contribution < 1.29 is 4.79 Å². The number of rotatable bonds is 3. The van der Waals surface area contributed by atoms with Gasteiger partial charge in [0.15, 0.2) is 0 Å². The minimum absolute atomic E-state index is 0.0600. The zero-order valence-corrected chi connectivity index (χ0v) is 18.1. The molecule has 31 heavy (non-hydrogen) atoms. The summed E-state index contributed by atoms with van der Waals surface area (Å²) >= 11 is 6.16. The molecule has 0 spiro atoms. The largest absolute Gasteiger partial charge is 0.342 e. The standard InChI is InChI=1S/C25H23ClN4O/c1-16-27-23-11-10-18(14-24(23)28-16)25(31)30-12-4-6-19(15-30)22-9-3-8-21(29-22)17-5-2-7-20(26)13-17/h2-3,5,7-11,13-14,19H,4,6,12,15H2,1H3,(H,27,28)/t19-/m1/s1. The maximum atomic E-state index is 13.2. The summed E-state index contributed by atoms with van der Waals surface area (Å²) in [6.07, 6.45) is 1.99. The number of aryl methyl sites for hydroxylation is 1. The van der Waals surface area contributed by atoms with Crippen molar-refractivity contribution in [1.29, 1.82) is 0 Å². The third-order valence-electron chi connectivity index (χ3n) is 5.87. The predicted octanol–water partition coefficient (Wildman–Crippen LogP) is 5.61. The van der Waals surface area contributed by atoms with Crippen molar-refractivity contribution >= 4 is 28.5 Å². The van der Waals surface area contributed by atoms with E-state index < -0.39 is 0 Å². The third-order valence-corrected chi connectivity index (χ3v) is 6.10. The number of nitrogens with one attached hydrogen (secondary N) is 1. The fourth-order valence-electron chi connectivity index (χ4n) is 4.34. The van der Waals surface area contributed by atoms with E-state index in [0.29, 0.717) is 17.1 Å². The predicted molar refractivity (Wildman–Crippen MR) is 123 cm³/mol. The molecule has 1 fully saturated rings. The molecule has 0 radical (unpaired) electrons. The Morgan fingerprint density at radius 3 is 2.84 bits per heavy atom. The van der Waals surface area contributed by atoms with Crippen molar-refractivity contribution in [2.45, 2.75) is 25.7 Å². The molecular formula is C25H23ClN4O. The summed E-state index contributed by atoms with van der Waals surface area (Å²) < 4.78 is 0. The molecule has 1 aliphatic heterocycles. The molecule has 2 aromatic carbocycles. The smallest absolute Gasteiger partial charge is 0.253 e. The van der Waals surface area contributed by atoms with Crippen LogP contribution in [0, 0.1) is 6.92 Å². The summed E-state index contributed by atoms with van der Waals surface area (Å²) in [6, 6.07) is 19.5. The van der Waals surface area contributed by atoms with Crippen LogP contribution < -0.4 is 0 Å². The molecule has 0 unspecified atom stereocenters. The molecule has 156 valence electrons. The average molecular weight is 431 g/mol. The highest BCUT2D eigenvalue weighted by Gasteiger charge is 2.26. The number of carbonyl (C=O) groups is 1. The van der Waals surface area contributed by atoms with Crippen LogP contribution in [0.15, 0.2) is 60.7 Å². The molecule has 2 aromatic heterocycles. The highest BCUT2D eigenvalue weighted by Crippen LogP contribution is 2.29. The minimum Gasteiger partial charge on any atom is -0.342 e. The van der Waals surface area contributed by atoms with Crippen LogP contribution in [-0.4, -0.2) is 38.8 Å². The average Bonchev–Trinajstić information content (AvgIpc) is 3.18. The van der Waals surface area contributed by atoms with Gasteiger partial charge in [0.25, 0.3) is 5.91 Å². The number of imidazole rings is 1. The van der Waals surface area contributed by atoms with Crippen LogP contribution in [0.2, 0.25) is 5.02 Å². The van der Waals surface area contributed by atoms with E-state index in [-0.39, 0.29) is 11.8 Å². The second-order valence-corrected chi connectivity index (χ2v) is 8.54. The Morgan fingerprint density at radius 1 is 1.10 bits per heavy atom. The van der Waals surface area contributed by atoms with E-state index in [9.17, 15) is 4.79 Å². The molecule has 5 rings (SSSR count). The number of aromatic nitrogens is 3. The molecule has 5 nitrogen and oxygen atoms in total. The summed E-state index contributed by atoms with van der Waals surface area (Å²) in [4.78, 5) is 27.7. The maximum Gasteiger partial charge on any atom is 0.253 e. The molecule has 1 aliphatic rings. The molecule has 0 bridgehead atoms. The lowest BCUT2D eigenvalue weighted by Gasteiger charge is -2.32. The Balaban J connectivity index is 1.37. The molecule has 6 heteroatoms. The SMILES string of the molecule is Cc1nc2ccc(C(=O)N3CCC[C@@H](c4cccc(-c5cccc(Cl)c5)n4)C3)cc2[nH]1. The second kappa shape index (κ2) is 8.16. The molecule has 3 heterocycles. The van der Waals surface area contributed by atoms with Crippen LogP contribution in [0.1, 0.15) is 40.6 Å². The number of aromatic amines is 1. The number of carbonyl (C=O) groups excluding carboxylic acids is 1. The number of nitrogens with zero attached hydrogens (tertiary/aromatic N) is 3. The van der Waals surface area contributed by atoms with Crippen LogP contribution in [0.4, 0.5) is 0 Å². The molecule has 0 saturated carbocycles. The van der Waals surface area contributed by atoms with E-state index in [1.807, 2.05) is 66.4 Å². The fourth-order valence-corrected chi connectivity index (χ4v) is 4.53. The summed E-state index contributed by atoms with van der Waals surface area (Å²) in [5.41, 5.74) is 5.40. The van der Waals surface area contributed by atoms with Gasteiger partial charge < -0.3 is 9.88 Å². The van der Waals surface area contributed by atoms with E-state index >= 15 is 0 Å². The van der Waals surface area contributed by atoms with Crippen molar-refractivity contribution in [3.8, 4) is 11.3 Å². The molecule has 0 aliphatic carbocycles. The van der Waals surface area contributed by atoms with Crippen LogP contribution in [0.25, 0.3) is 22.3 Å². The van der Waals surface area contributed by atoms with Crippen molar-refractivity contribution in [2.75, 3.05) is 13.1 Å². The highest BCUT2D eigenvalue weighted by molar-refractivity contribution is 6.30. The molecule has 4 aromatic rings. The number of likely N-dealkylation sites (tertiary alicyclic amines) is 1. The lowest BCUT2D eigenvalue weighted by molar-refractivity contribution is 0.0706. The lowest BCUT2D eigenvalue weighted by Crippen LogP contribution is -2.39. The quantitative estimate of drug-likeness (QED) is 0.459. The normalized spacial score (nSPS) is 16.6. The fraction of sp³-hybridized carbons (Fsp3) is 0.240. The first-order valence-electron chi connectivity index (χ1n) is 10.6. The first-order valence-corrected chi connectivity index (χ1v) is 10.9. The Kier molecular flexibility index (Phi) is 5.20. The summed E-state index contributed by atoms with van der Waals surface area (Å²) in [7, 11) is 0. The van der Waals surface area contributed by atoms with Crippen LogP contribution >= 0.6 is 11.6 Å². The van der Waals surface area contributed by atoms with E-state index in [1.54, 1.807) is 0 Å². The Hall–Kier alpha value is -3.18. The molecule has 1 saturated heterocycles. The second-order valence-electron chi connectivity index (χ2n) is 8.10. The van der Waals surface area contributed by atoms with Gasteiger partial charge in [0.1, 0.15) is 5.82 Å². The van der Waals surface area contributed by atoms with Crippen molar-refractivity contribution in [2.24, 2.45) is 0 Å². The number of fused-ring (bicyclic) bond motifs is 1. The molecule has 1 N–H and O–H groups in total. The number of pyridine rings is 1. The summed E-state index contributed by atoms with van der Waals surface area (Å²) in [6.45, 7) is 3.36. The van der Waals surface area contributed by atoms with Gasteiger partial charge in [-0.15, -0.1) is 0 Å². The van der Waals surface area contributed by atoms with E-state index in [0.717, 1.165) is 53.2 Å². The lowest BCUT2D eigenvalue weighted by atomic mass is 9.93. The number of hydrogen-bond acceptors (Lipinski definition) is 3. The van der Waals surface area contributed by atoms with Gasteiger partial charge in [0.2, 0.25) is 0 Å². The molecule has 1 atom stereocenters. The van der Waals surface area contributed by atoms with Crippen molar-refractivity contribution in [3.05, 3.63) is 82.8 Å². The van der Waals surface area contributed by atoms with Crippen LogP contribution in [0.3, 0.4) is 0 Å². The Labute approximate surface area is 186 Å². The Morgan fingerprint density at radius 2 is 1.97 bits per heavy atom. The van der Waals surface area contributed by atoms with E-state index in [4.69, 9.17) is 16.6 Å². The van der Waals surface area contributed by atoms with Crippen molar-refractivity contribution in [3.63, 3.8) is 0 Å².